The number of urea groups is 1. The molecule has 0 unspecified atom stereocenters. The van der Waals surface area contributed by atoms with Crippen LogP contribution in [0.3, 0.4) is 0 Å². The van der Waals surface area contributed by atoms with Crippen molar-refractivity contribution in [1.29, 1.82) is 5.26 Å². The summed E-state index contributed by atoms with van der Waals surface area (Å²) in [7, 11) is 0. The fourth-order valence-corrected chi connectivity index (χ4v) is 2.58. The minimum absolute atomic E-state index is 0.139. The summed E-state index contributed by atoms with van der Waals surface area (Å²) in [5, 5.41) is 14.0. The first-order valence-corrected chi connectivity index (χ1v) is 7.86. The van der Waals surface area contributed by atoms with Crippen LogP contribution >= 0.6 is 0 Å². The second-order valence-corrected chi connectivity index (χ2v) is 5.70. The molecule has 0 bridgehead atoms. The second-order valence-electron chi connectivity index (χ2n) is 5.70. The van der Waals surface area contributed by atoms with Crippen molar-refractivity contribution in [3.8, 4) is 11.8 Å². The predicted octanol–water partition coefficient (Wildman–Crippen LogP) is 2.48. The molecule has 1 aromatic carbocycles. The van der Waals surface area contributed by atoms with Crippen LogP contribution in [0, 0.1) is 11.3 Å². The number of nitrogens with zero attached hydrogens (tertiary/aromatic N) is 1. The summed E-state index contributed by atoms with van der Waals surface area (Å²) >= 11 is 0. The zero-order valence-corrected chi connectivity index (χ0v) is 13.2. The van der Waals surface area contributed by atoms with Crippen molar-refractivity contribution in [3.05, 3.63) is 29.8 Å². The first-order chi connectivity index (χ1) is 11.1. The van der Waals surface area contributed by atoms with Gasteiger partial charge < -0.3 is 10.1 Å². The highest BCUT2D eigenvalue weighted by Crippen LogP contribution is 2.17. The number of nitriles is 1. The molecule has 1 aliphatic rings. The van der Waals surface area contributed by atoms with Crippen molar-refractivity contribution in [2.24, 2.45) is 0 Å². The van der Waals surface area contributed by atoms with Gasteiger partial charge in [0, 0.05) is 6.04 Å². The van der Waals surface area contributed by atoms with Crippen LogP contribution in [-0.2, 0) is 4.79 Å². The van der Waals surface area contributed by atoms with E-state index in [1.54, 1.807) is 31.2 Å². The maximum absolute atomic E-state index is 12.0. The van der Waals surface area contributed by atoms with Crippen molar-refractivity contribution < 1.29 is 14.3 Å². The zero-order chi connectivity index (χ0) is 16.7. The Morgan fingerprint density at radius 1 is 1.30 bits per heavy atom. The molecule has 0 radical (unpaired) electrons. The fourth-order valence-electron chi connectivity index (χ4n) is 2.58. The Balaban J connectivity index is 1.81. The van der Waals surface area contributed by atoms with Crippen LogP contribution < -0.4 is 15.4 Å². The Morgan fingerprint density at radius 2 is 2.04 bits per heavy atom. The third-order valence-corrected chi connectivity index (χ3v) is 3.82. The van der Waals surface area contributed by atoms with Gasteiger partial charge in [0.15, 0.2) is 6.10 Å². The lowest BCUT2D eigenvalue weighted by Gasteiger charge is -2.23. The molecule has 1 fully saturated rings. The van der Waals surface area contributed by atoms with Crippen LogP contribution in [0.4, 0.5) is 4.79 Å². The van der Waals surface area contributed by atoms with Crippen LogP contribution in [0.1, 0.15) is 44.6 Å². The van der Waals surface area contributed by atoms with Gasteiger partial charge in [0.25, 0.3) is 5.91 Å². The largest absolute Gasteiger partial charge is 0.481 e. The molecule has 23 heavy (non-hydrogen) atoms. The first-order valence-electron chi connectivity index (χ1n) is 7.86. The maximum Gasteiger partial charge on any atom is 0.321 e. The number of benzene rings is 1. The van der Waals surface area contributed by atoms with Crippen LogP contribution in [0.2, 0.25) is 0 Å². The summed E-state index contributed by atoms with van der Waals surface area (Å²) in [5.74, 6) is -0.0972. The third-order valence-electron chi connectivity index (χ3n) is 3.82. The molecule has 0 saturated heterocycles. The summed E-state index contributed by atoms with van der Waals surface area (Å²) in [6.45, 7) is 1.56. The minimum Gasteiger partial charge on any atom is -0.481 e. The first kappa shape index (κ1) is 16.8. The molecule has 1 aliphatic carbocycles. The van der Waals surface area contributed by atoms with Gasteiger partial charge in [-0.15, -0.1) is 0 Å². The summed E-state index contributed by atoms with van der Waals surface area (Å²) in [4.78, 5) is 23.8. The van der Waals surface area contributed by atoms with E-state index in [4.69, 9.17) is 10.00 Å². The van der Waals surface area contributed by atoms with E-state index in [-0.39, 0.29) is 6.04 Å². The Morgan fingerprint density at radius 3 is 2.74 bits per heavy atom. The van der Waals surface area contributed by atoms with E-state index >= 15 is 0 Å². The van der Waals surface area contributed by atoms with Crippen LogP contribution in [0.5, 0.6) is 5.75 Å². The molecule has 0 spiro atoms. The van der Waals surface area contributed by atoms with Gasteiger partial charge in [-0.2, -0.15) is 5.26 Å². The number of hydrogen-bond acceptors (Lipinski definition) is 4. The number of ether oxygens (including phenoxy) is 1. The second kappa shape index (κ2) is 8.18. The van der Waals surface area contributed by atoms with Gasteiger partial charge >= 0.3 is 6.03 Å². The molecule has 0 heterocycles. The van der Waals surface area contributed by atoms with Crippen molar-refractivity contribution in [2.75, 3.05) is 0 Å². The maximum atomic E-state index is 12.0. The molecule has 6 heteroatoms. The SMILES string of the molecule is C[C@H](Oc1cccc(C#N)c1)C(=O)NC(=O)NC1CCCCC1. The molecule has 2 rings (SSSR count). The topological polar surface area (TPSA) is 91.2 Å². The molecular formula is C17H21N3O3. The van der Waals surface area contributed by atoms with Gasteiger partial charge in [-0.25, -0.2) is 4.79 Å². The van der Waals surface area contributed by atoms with E-state index in [2.05, 4.69) is 10.6 Å². The number of amides is 3. The van der Waals surface area contributed by atoms with E-state index < -0.39 is 18.0 Å². The van der Waals surface area contributed by atoms with Gasteiger partial charge in [-0.1, -0.05) is 25.3 Å². The van der Waals surface area contributed by atoms with E-state index in [0.717, 1.165) is 25.7 Å². The van der Waals surface area contributed by atoms with Crippen molar-refractivity contribution in [2.45, 2.75) is 51.2 Å². The zero-order valence-electron chi connectivity index (χ0n) is 13.2. The van der Waals surface area contributed by atoms with E-state index in [1.807, 2.05) is 6.07 Å². The molecule has 1 saturated carbocycles. The number of hydrogen-bond donors (Lipinski definition) is 2. The van der Waals surface area contributed by atoms with Gasteiger partial charge in [0.05, 0.1) is 11.6 Å². The number of imide groups is 1. The smallest absolute Gasteiger partial charge is 0.321 e. The highest BCUT2D eigenvalue weighted by atomic mass is 16.5. The number of nitrogens with one attached hydrogen (secondary N) is 2. The quantitative estimate of drug-likeness (QED) is 0.893. The Kier molecular flexibility index (Phi) is 5.98. The fraction of sp³-hybridized carbons (Fsp3) is 0.471. The lowest BCUT2D eigenvalue weighted by atomic mass is 9.96. The van der Waals surface area contributed by atoms with Crippen LogP contribution in [0.15, 0.2) is 24.3 Å². The predicted molar refractivity (Wildman–Crippen MR) is 84.8 cm³/mol. The van der Waals surface area contributed by atoms with Crippen LogP contribution in [-0.4, -0.2) is 24.1 Å². The Hall–Kier alpha value is -2.55. The molecule has 2 N–H and O–H groups in total. The minimum atomic E-state index is -0.832. The molecule has 1 atom stereocenters. The summed E-state index contributed by atoms with van der Waals surface area (Å²) in [6.07, 6.45) is 4.48. The van der Waals surface area contributed by atoms with Crippen molar-refractivity contribution >= 4 is 11.9 Å². The monoisotopic (exact) mass is 315 g/mol. The summed E-state index contributed by atoms with van der Waals surface area (Å²) in [5.41, 5.74) is 0.449. The standard InChI is InChI=1S/C17H21N3O3/c1-12(23-15-9-5-6-13(10-15)11-18)16(21)20-17(22)19-14-7-3-2-4-8-14/h5-6,9-10,12,14H,2-4,7-8H2,1H3,(H2,19,20,21,22)/t12-/m0/s1. The van der Waals surface area contributed by atoms with Crippen molar-refractivity contribution in [1.82, 2.24) is 10.6 Å². The van der Waals surface area contributed by atoms with Gasteiger partial charge in [-0.3, -0.25) is 10.1 Å². The molecule has 0 aliphatic heterocycles. The molecular weight excluding hydrogens is 294 g/mol. The Labute approximate surface area is 135 Å². The lowest BCUT2D eigenvalue weighted by molar-refractivity contribution is -0.126. The summed E-state index contributed by atoms with van der Waals surface area (Å²) < 4.78 is 5.47. The normalized spacial score (nSPS) is 16.0. The Bertz CT molecular complexity index is 603. The highest BCUT2D eigenvalue weighted by Gasteiger charge is 2.20. The summed E-state index contributed by atoms with van der Waals surface area (Å²) in [6, 6.07) is 8.19. The molecule has 0 aromatic heterocycles. The molecule has 3 amide bonds. The van der Waals surface area contributed by atoms with Gasteiger partial charge in [0.2, 0.25) is 0 Å². The average molecular weight is 315 g/mol. The van der Waals surface area contributed by atoms with E-state index in [9.17, 15) is 9.59 Å². The molecule has 1 aromatic rings. The number of carbonyl (C=O) groups is 2. The number of carbonyl (C=O) groups excluding carboxylic acids is 2. The number of rotatable bonds is 4. The molecule has 122 valence electrons. The van der Waals surface area contributed by atoms with E-state index in [0.29, 0.717) is 11.3 Å². The van der Waals surface area contributed by atoms with Gasteiger partial charge in [0.1, 0.15) is 5.75 Å². The molecule has 6 nitrogen and oxygen atoms in total. The van der Waals surface area contributed by atoms with E-state index in [1.165, 1.54) is 6.42 Å². The lowest BCUT2D eigenvalue weighted by Crippen LogP contribution is -2.48. The van der Waals surface area contributed by atoms with Crippen LogP contribution in [0.25, 0.3) is 0 Å². The van der Waals surface area contributed by atoms with Gasteiger partial charge in [-0.05, 0) is 38.0 Å². The highest BCUT2D eigenvalue weighted by molar-refractivity contribution is 5.96. The third kappa shape index (κ3) is 5.29. The average Bonchev–Trinajstić information content (AvgIpc) is 2.55. The van der Waals surface area contributed by atoms with Crippen molar-refractivity contribution in [3.63, 3.8) is 0 Å².